The lowest BCUT2D eigenvalue weighted by atomic mass is 10.1. The second-order valence-corrected chi connectivity index (χ2v) is 5.58. The third kappa shape index (κ3) is 4.08. The van der Waals surface area contributed by atoms with Crippen molar-refractivity contribution in [2.75, 3.05) is 0 Å². The Morgan fingerprint density at radius 1 is 0.917 bits per heavy atom. The molecule has 0 aliphatic rings. The summed E-state index contributed by atoms with van der Waals surface area (Å²) in [5, 5.41) is 12.9. The minimum atomic E-state index is -1.02. The fourth-order valence-electron chi connectivity index (χ4n) is 2.61. The summed E-state index contributed by atoms with van der Waals surface area (Å²) in [6.07, 6.45) is 1.25. The number of aromatic carboxylic acids is 1. The molecule has 0 atom stereocenters. The number of rotatable bonds is 7. The van der Waals surface area contributed by atoms with Crippen LogP contribution in [0.3, 0.4) is 0 Å². The maximum absolute atomic E-state index is 11.3. The molecule has 1 N–H and O–H groups in total. The molecule has 0 aliphatic heterocycles. The normalized spacial score (nSPS) is 10.9. The molecule has 0 bridgehead atoms. The fraction of sp³-hybridized carbons (Fsp3) is 0.158. The SMILES string of the molecule is O=C(O)c1cnoc1CN(Cc1ccccc1)Cc1ccccc1. The number of hydrogen-bond acceptors (Lipinski definition) is 4. The van der Waals surface area contributed by atoms with Gasteiger partial charge in [-0.05, 0) is 11.1 Å². The highest BCUT2D eigenvalue weighted by molar-refractivity contribution is 5.88. The Bertz CT molecular complexity index is 743. The Hall–Kier alpha value is -2.92. The number of nitrogens with zero attached hydrogens (tertiary/aromatic N) is 2. The molecule has 0 radical (unpaired) electrons. The largest absolute Gasteiger partial charge is 0.478 e. The van der Waals surface area contributed by atoms with Crippen LogP contribution < -0.4 is 0 Å². The summed E-state index contributed by atoms with van der Waals surface area (Å²) in [5.41, 5.74) is 2.43. The number of hydrogen-bond donors (Lipinski definition) is 1. The number of carboxylic acids is 1. The molecule has 5 nitrogen and oxygen atoms in total. The van der Waals surface area contributed by atoms with E-state index in [-0.39, 0.29) is 5.56 Å². The van der Waals surface area contributed by atoms with E-state index in [1.165, 1.54) is 6.20 Å². The van der Waals surface area contributed by atoms with Gasteiger partial charge in [-0.3, -0.25) is 4.90 Å². The summed E-state index contributed by atoms with van der Waals surface area (Å²) in [6.45, 7) is 1.76. The molecule has 0 saturated carbocycles. The van der Waals surface area contributed by atoms with Crippen molar-refractivity contribution in [2.24, 2.45) is 0 Å². The van der Waals surface area contributed by atoms with Gasteiger partial charge in [0.25, 0.3) is 0 Å². The Labute approximate surface area is 140 Å². The molecular weight excluding hydrogens is 304 g/mol. The van der Waals surface area contributed by atoms with E-state index in [4.69, 9.17) is 4.52 Å². The Kier molecular flexibility index (Phi) is 5.03. The zero-order valence-corrected chi connectivity index (χ0v) is 13.1. The van der Waals surface area contributed by atoms with Gasteiger partial charge in [-0.15, -0.1) is 0 Å². The highest BCUT2D eigenvalue weighted by atomic mass is 16.5. The van der Waals surface area contributed by atoms with Gasteiger partial charge in [-0.1, -0.05) is 65.8 Å². The lowest BCUT2D eigenvalue weighted by Crippen LogP contribution is -2.23. The molecule has 3 aromatic rings. The van der Waals surface area contributed by atoms with E-state index in [9.17, 15) is 9.90 Å². The van der Waals surface area contributed by atoms with Gasteiger partial charge in [0.05, 0.1) is 12.7 Å². The summed E-state index contributed by atoms with van der Waals surface area (Å²) < 4.78 is 5.16. The second kappa shape index (κ2) is 7.57. The molecule has 3 rings (SSSR count). The number of aromatic nitrogens is 1. The van der Waals surface area contributed by atoms with Crippen LogP contribution in [0.25, 0.3) is 0 Å². The summed E-state index contributed by atoms with van der Waals surface area (Å²) in [7, 11) is 0. The van der Waals surface area contributed by atoms with E-state index in [2.05, 4.69) is 34.3 Å². The van der Waals surface area contributed by atoms with Crippen LogP contribution in [0, 0.1) is 0 Å². The van der Waals surface area contributed by atoms with Gasteiger partial charge in [-0.2, -0.15) is 0 Å². The summed E-state index contributed by atoms with van der Waals surface area (Å²) in [6, 6.07) is 20.1. The maximum atomic E-state index is 11.3. The van der Waals surface area contributed by atoms with Gasteiger partial charge in [0.1, 0.15) is 5.56 Å². The minimum absolute atomic E-state index is 0.112. The molecule has 5 heteroatoms. The van der Waals surface area contributed by atoms with E-state index < -0.39 is 5.97 Å². The molecule has 0 amide bonds. The van der Waals surface area contributed by atoms with Crippen LogP contribution in [0.15, 0.2) is 71.4 Å². The molecule has 0 fully saturated rings. The van der Waals surface area contributed by atoms with Crippen LogP contribution in [0.5, 0.6) is 0 Å². The van der Waals surface area contributed by atoms with Crippen molar-refractivity contribution >= 4 is 5.97 Å². The molecule has 24 heavy (non-hydrogen) atoms. The van der Waals surface area contributed by atoms with Crippen molar-refractivity contribution in [3.63, 3.8) is 0 Å². The fourth-order valence-corrected chi connectivity index (χ4v) is 2.61. The van der Waals surface area contributed by atoms with Crippen molar-refractivity contribution < 1.29 is 14.4 Å². The number of carbonyl (C=O) groups is 1. The average Bonchev–Trinajstić information content (AvgIpc) is 3.05. The average molecular weight is 322 g/mol. The predicted molar refractivity (Wildman–Crippen MR) is 89.3 cm³/mol. The molecule has 1 aromatic heterocycles. The van der Waals surface area contributed by atoms with Crippen LogP contribution in [0.1, 0.15) is 27.2 Å². The van der Waals surface area contributed by atoms with Gasteiger partial charge in [0.15, 0.2) is 5.76 Å². The highest BCUT2D eigenvalue weighted by Gasteiger charge is 2.18. The molecule has 1 heterocycles. The topological polar surface area (TPSA) is 66.6 Å². The van der Waals surface area contributed by atoms with Crippen molar-refractivity contribution in [3.05, 3.63) is 89.3 Å². The Balaban J connectivity index is 1.81. The first-order valence-electron chi connectivity index (χ1n) is 7.69. The highest BCUT2D eigenvalue weighted by Crippen LogP contribution is 2.16. The van der Waals surface area contributed by atoms with Gasteiger partial charge >= 0.3 is 5.97 Å². The summed E-state index contributed by atoms with van der Waals surface area (Å²) in [5.74, 6) is -0.653. The van der Waals surface area contributed by atoms with Crippen molar-refractivity contribution in [1.82, 2.24) is 10.1 Å². The van der Waals surface area contributed by atoms with Gasteiger partial charge in [-0.25, -0.2) is 4.79 Å². The van der Waals surface area contributed by atoms with Crippen molar-refractivity contribution in [1.29, 1.82) is 0 Å². The Morgan fingerprint density at radius 3 is 1.96 bits per heavy atom. The van der Waals surface area contributed by atoms with Crippen LogP contribution in [-0.2, 0) is 19.6 Å². The maximum Gasteiger partial charge on any atom is 0.341 e. The Morgan fingerprint density at radius 2 is 1.46 bits per heavy atom. The third-order valence-electron chi connectivity index (χ3n) is 3.74. The van der Waals surface area contributed by atoms with Gasteiger partial charge in [0.2, 0.25) is 0 Å². The zero-order chi connectivity index (χ0) is 16.8. The lowest BCUT2D eigenvalue weighted by Gasteiger charge is -2.21. The van der Waals surface area contributed by atoms with E-state index in [0.717, 1.165) is 11.1 Å². The molecule has 0 saturated heterocycles. The van der Waals surface area contributed by atoms with Gasteiger partial charge < -0.3 is 9.63 Å². The van der Waals surface area contributed by atoms with E-state index in [1.807, 2.05) is 36.4 Å². The quantitative estimate of drug-likeness (QED) is 0.720. The molecule has 0 unspecified atom stereocenters. The van der Waals surface area contributed by atoms with Crippen LogP contribution in [0.4, 0.5) is 0 Å². The van der Waals surface area contributed by atoms with E-state index in [1.54, 1.807) is 0 Å². The van der Waals surface area contributed by atoms with Crippen LogP contribution in [0.2, 0.25) is 0 Å². The van der Waals surface area contributed by atoms with Crippen molar-refractivity contribution in [2.45, 2.75) is 19.6 Å². The lowest BCUT2D eigenvalue weighted by molar-refractivity contribution is 0.0692. The predicted octanol–water partition coefficient (Wildman–Crippen LogP) is 3.58. The van der Waals surface area contributed by atoms with E-state index >= 15 is 0 Å². The van der Waals surface area contributed by atoms with E-state index in [0.29, 0.717) is 25.4 Å². The monoisotopic (exact) mass is 322 g/mol. The van der Waals surface area contributed by atoms with Gasteiger partial charge in [0, 0.05) is 13.1 Å². The molecule has 0 spiro atoms. The summed E-state index contributed by atoms with van der Waals surface area (Å²) in [4.78, 5) is 13.4. The molecule has 0 aliphatic carbocycles. The molecule has 122 valence electrons. The first-order chi connectivity index (χ1) is 11.7. The van der Waals surface area contributed by atoms with Crippen LogP contribution in [-0.4, -0.2) is 21.1 Å². The standard InChI is InChI=1S/C19H18N2O3/c22-19(23)17-11-20-24-18(17)14-21(12-15-7-3-1-4-8-15)13-16-9-5-2-6-10-16/h1-11H,12-14H2,(H,22,23). The number of benzene rings is 2. The zero-order valence-electron chi connectivity index (χ0n) is 13.1. The first kappa shape index (κ1) is 16.0. The summed E-state index contributed by atoms with van der Waals surface area (Å²) >= 11 is 0. The smallest absolute Gasteiger partial charge is 0.341 e. The first-order valence-corrected chi connectivity index (χ1v) is 7.69. The van der Waals surface area contributed by atoms with Crippen LogP contribution >= 0.6 is 0 Å². The van der Waals surface area contributed by atoms with Crippen molar-refractivity contribution in [3.8, 4) is 0 Å². The second-order valence-electron chi connectivity index (χ2n) is 5.58. The number of carboxylic acid groups (broad SMARTS) is 1. The molecular formula is C19H18N2O3. The minimum Gasteiger partial charge on any atom is -0.478 e. The molecule has 2 aromatic carbocycles. The third-order valence-corrected chi connectivity index (χ3v) is 3.74.